The molecule has 1 unspecified atom stereocenters. The van der Waals surface area contributed by atoms with Gasteiger partial charge in [-0.2, -0.15) is 0 Å². The maximum atomic E-state index is 11.6. The third-order valence-corrected chi connectivity index (χ3v) is 2.94. The van der Waals surface area contributed by atoms with Crippen molar-refractivity contribution in [1.29, 1.82) is 0 Å². The molecule has 0 amide bonds. The highest BCUT2D eigenvalue weighted by Crippen LogP contribution is 2.29. The van der Waals surface area contributed by atoms with Crippen LogP contribution in [0.1, 0.15) is 32.6 Å². The van der Waals surface area contributed by atoms with Crippen LogP contribution in [0.5, 0.6) is 0 Å². The van der Waals surface area contributed by atoms with Gasteiger partial charge in [0.15, 0.2) is 0 Å². The summed E-state index contributed by atoms with van der Waals surface area (Å²) in [7, 11) is 1.42. The molecule has 1 fully saturated rings. The van der Waals surface area contributed by atoms with Gasteiger partial charge < -0.3 is 4.74 Å². The van der Waals surface area contributed by atoms with E-state index in [1.54, 1.807) is 5.01 Å². The van der Waals surface area contributed by atoms with E-state index in [0.29, 0.717) is 0 Å². The molecule has 0 aromatic carbocycles. The molecule has 0 spiro atoms. The van der Waals surface area contributed by atoms with Gasteiger partial charge in [-0.1, -0.05) is 6.92 Å². The molecule has 13 heavy (non-hydrogen) atoms. The van der Waals surface area contributed by atoms with Crippen LogP contribution in [0, 0.1) is 0 Å². The molecule has 4 nitrogen and oxygen atoms in total. The van der Waals surface area contributed by atoms with E-state index in [1.165, 1.54) is 7.11 Å². The Morgan fingerprint density at radius 2 is 2.31 bits per heavy atom. The minimum Gasteiger partial charge on any atom is -0.468 e. The zero-order valence-electron chi connectivity index (χ0n) is 8.38. The molecule has 0 radical (unpaired) electrons. The van der Waals surface area contributed by atoms with E-state index in [0.717, 1.165) is 32.2 Å². The largest absolute Gasteiger partial charge is 0.468 e. The van der Waals surface area contributed by atoms with Crippen molar-refractivity contribution in [1.82, 2.24) is 5.01 Å². The quantitative estimate of drug-likeness (QED) is 0.508. The summed E-state index contributed by atoms with van der Waals surface area (Å²) in [5, 5.41) is 1.64. The first-order chi connectivity index (χ1) is 6.17. The number of esters is 1. The fourth-order valence-corrected chi connectivity index (χ4v) is 1.99. The Balaban J connectivity index is 2.82. The number of carbonyl (C=O) groups excluding carboxylic acids is 1. The Kier molecular flexibility index (Phi) is 3.27. The summed E-state index contributed by atoms with van der Waals surface area (Å²) >= 11 is 0. The average molecular weight is 186 g/mol. The second kappa shape index (κ2) is 4.07. The SMILES string of the molecule is CCC1(C(=O)OC)CCCCN1N. The minimum atomic E-state index is -0.562. The number of ether oxygens (including phenoxy) is 1. The lowest BCUT2D eigenvalue weighted by molar-refractivity contribution is -0.158. The van der Waals surface area contributed by atoms with Crippen molar-refractivity contribution in [2.75, 3.05) is 13.7 Å². The second-order valence-electron chi connectivity index (χ2n) is 3.53. The van der Waals surface area contributed by atoms with E-state index in [9.17, 15) is 4.79 Å². The zero-order valence-corrected chi connectivity index (χ0v) is 8.38. The highest BCUT2D eigenvalue weighted by Gasteiger charge is 2.43. The highest BCUT2D eigenvalue weighted by molar-refractivity contribution is 5.80. The Morgan fingerprint density at radius 3 is 2.77 bits per heavy atom. The van der Waals surface area contributed by atoms with Crippen LogP contribution in [0.4, 0.5) is 0 Å². The lowest BCUT2D eigenvalue weighted by atomic mass is 9.86. The molecule has 2 N–H and O–H groups in total. The summed E-state index contributed by atoms with van der Waals surface area (Å²) in [6, 6.07) is 0. The minimum absolute atomic E-state index is 0.197. The molecule has 0 saturated carbocycles. The van der Waals surface area contributed by atoms with Crippen molar-refractivity contribution < 1.29 is 9.53 Å². The fraction of sp³-hybridized carbons (Fsp3) is 0.889. The Hall–Kier alpha value is -0.610. The van der Waals surface area contributed by atoms with Crippen molar-refractivity contribution in [2.24, 2.45) is 5.84 Å². The molecule has 4 heteroatoms. The molecule has 1 atom stereocenters. The van der Waals surface area contributed by atoms with E-state index < -0.39 is 5.54 Å². The number of carbonyl (C=O) groups is 1. The normalized spacial score (nSPS) is 30.1. The zero-order chi connectivity index (χ0) is 9.90. The number of hydrazine groups is 1. The number of piperidine rings is 1. The van der Waals surface area contributed by atoms with E-state index in [1.807, 2.05) is 6.92 Å². The van der Waals surface area contributed by atoms with Gasteiger partial charge in [0.2, 0.25) is 0 Å². The molecule has 1 aliphatic heterocycles. The summed E-state index contributed by atoms with van der Waals surface area (Å²) in [5.74, 6) is 5.64. The Bertz CT molecular complexity index is 196. The lowest BCUT2D eigenvalue weighted by Crippen LogP contribution is -2.60. The third kappa shape index (κ3) is 1.69. The fourth-order valence-electron chi connectivity index (χ4n) is 1.99. The Morgan fingerprint density at radius 1 is 1.62 bits per heavy atom. The summed E-state index contributed by atoms with van der Waals surface area (Å²) < 4.78 is 4.79. The number of hydrogen-bond acceptors (Lipinski definition) is 4. The monoisotopic (exact) mass is 186 g/mol. The van der Waals surface area contributed by atoms with Gasteiger partial charge in [0.1, 0.15) is 5.54 Å². The van der Waals surface area contributed by atoms with E-state index in [-0.39, 0.29) is 5.97 Å². The van der Waals surface area contributed by atoms with Crippen molar-refractivity contribution in [3.05, 3.63) is 0 Å². The molecule has 0 bridgehead atoms. The second-order valence-corrected chi connectivity index (χ2v) is 3.53. The van der Waals surface area contributed by atoms with Crippen LogP contribution in [0.2, 0.25) is 0 Å². The summed E-state index contributed by atoms with van der Waals surface area (Å²) in [5.41, 5.74) is -0.562. The molecule has 0 aliphatic carbocycles. The van der Waals surface area contributed by atoms with Crippen LogP contribution in [0.25, 0.3) is 0 Å². The van der Waals surface area contributed by atoms with Crippen LogP contribution >= 0.6 is 0 Å². The number of methoxy groups -OCH3 is 1. The van der Waals surface area contributed by atoms with Gasteiger partial charge >= 0.3 is 5.97 Å². The molecular weight excluding hydrogens is 168 g/mol. The maximum absolute atomic E-state index is 11.6. The number of nitrogens with two attached hydrogens (primary N) is 1. The van der Waals surface area contributed by atoms with Crippen LogP contribution in [0.15, 0.2) is 0 Å². The van der Waals surface area contributed by atoms with E-state index in [2.05, 4.69) is 0 Å². The molecular formula is C9H18N2O2. The van der Waals surface area contributed by atoms with Crippen LogP contribution < -0.4 is 5.84 Å². The number of rotatable bonds is 2. The van der Waals surface area contributed by atoms with Crippen molar-refractivity contribution >= 4 is 5.97 Å². The van der Waals surface area contributed by atoms with Crippen molar-refractivity contribution in [3.63, 3.8) is 0 Å². The molecule has 1 heterocycles. The van der Waals surface area contributed by atoms with Gasteiger partial charge in [0.05, 0.1) is 7.11 Å². The predicted octanol–water partition coefficient (Wildman–Crippen LogP) is 0.668. The first-order valence-corrected chi connectivity index (χ1v) is 4.78. The number of hydrogen-bond donors (Lipinski definition) is 1. The smallest absolute Gasteiger partial charge is 0.327 e. The van der Waals surface area contributed by atoms with Gasteiger partial charge in [-0.15, -0.1) is 0 Å². The summed E-state index contributed by atoms with van der Waals surface area (Å²) in [6.07, 6.45) is 3.65. The predicted molar refractivity (Wildman–Crippen MR) is 49.8 cm³/mol. The average Bonchev–Trinajstić information content (AvgIpc) is 2.18. The van der Waals surface area contributed by atoms with Crippen molar-refractivity contribution in [3.8, 4) is 0 Å². The molecule has 0 aromatic heterocycles. The van der Waals surface area contributed by atoms with Gasteiger partial charge in [-0.25, -0.2) is 9.80 Å². The van der Waals surface area contributed by atoms with Gasteiger partial charge in [-0.05, 0) is 25.7 Å². The van der Waals surface area contributed by atoms with Crippen LogP contribution in [0.3, 0.4) is 0 Å². The van der Waals surface area contributed by atoms with E-state index in [4.69, 9.17) is 10.6 Å². The maximum Gasteiger partial charge on any atom is 0.327 e. The topological polar surface area (TPSA) is 55.6 Å². The first kappa shape index (κ1) is 10.5. The Labute approximate surface area is 79.0 Å². The van der Waals surface area contributed by atoms with Gasteiger partial charge in [0, 0.05) is 6.54 Å². The first-order valence-electron chi connectivity index (χ1n) is 4.78. The molecule has 0 aromatic rings. The van der Waals surface area contributed by atoms with E-state index >= 15 is 0 Å². The number of nitrogens with zero attached hydrogens (tertiary/aromatic N) is 1. The van der Waals surface area contributed by atoms with Gasteiger partial charge in [0.25, 0.3) is 0 Å². The molecule has 1 rings (SSSR count). The molecule has 1 aliphatic rings. The highest BCUT2D eigenvalue weighted by atomic mass is 16.5. The van der Waals surface area contributed by atoms with Crippen LogP contribution in [-0.4, -0.2) is 30.2 Å². The lowest BCUT2D eigenvalue weighted by Gasteiger charge is -2.41. The van der Waals surface area contributed by atoms with Crippen LogP contribution in [-0.2, 0) is 9.53 Å². The third-order valence-electron chi connectivity index (χ3n) is 2.94. The summed E-state index contributed by atoms with van der Waals surface area (Å²) in [4.78, 5) is 11.6. The molecule has 1 saturated heterocycles. The van der Waals surface area contributed by atoms with Crippen molar-refractivity contribution in [2.45, 2.75) is 38.1 Å². The standard InChI is InChI=1S/C9H18N2O2/c1-3-9(8(12)13-2)6-4-5-7-11(9)10/h3-7,10H2,1-2H3. The summed E-state index contributed by atoms with van der Waals surface area (Å²) in [6.45, 7) is 2.76. The molecule has 76 valence electrons. The van der Waals surface area contributed by atoms with Gasteiger partial charge in [-0.3, -0.25) is 5.84 Å².